The van der Waals surface area contributed by atoms with E-state index in [2.05, 4.69) is 16.8 Å². The van der Waals surface area contributed by atoms with Gasteiger partial charge in [0.2, 0.25) is 5.91 Å². The van der Waals surface area contributed by atoms with Crippen LogP contribution in [0.4, 0.5) is 10.5 Å². The van der Waals surface area contributed by atoms with Gasteiger partial charge in [-0.3, -0.25) is 4.79 Å². The fraction of sp³-hybridized carbons (Fsp3) is 0.286. The summed E-state index contributed by atoms with van der Waals surface area (Å²) in [5.41, 5.74) is 0.260. The standard InChI is InChI=1S/C21H21ClN2O3/c1-21(2,3)27-20(26)24(18-12-8-9-16(22)15-18)19(25)13-5-4-10-17-11-6-7-14-23-17/h6-9,11-12,14-15H,5,13H2,1-3H3. The fourth-order valence-electron chi connectivity index (χ4n) is 2.15. The first-order chi connectivity index (χ1) is 12.8. The quantitative estimate of drug-likeness (QED) is 0.711. The van der Waals surface area contributed by atoms with E-state index in [1.807, 2.05) is 6.07 Å². The van der Waals surface area contributed by atoms with Crippen LogP contribution >= 0.6 is 11.6 Å². The molecule has 1 aromatic carbocycles. The van der Waals surface area contributed by atoms with Gasteiger partial charge in [-0.05, 0) is 57.0 Å². The molecule has 0 saturated carbocycles. The van der Waals surface area contributed by atoms with Gasteiger partial charge in [-0.2, -0.15) is 0 Å². The van der Waals surface area contributed by atoms with E-state index in [0.29, 0.717) is 16.4 Å². The molecule has 1 aromatic heterocycles. The highest BCUT2D eigenvalue weighted by Crippen LogP contribution is 2.23. The smallest absolute Gasteiger partial charge is 0.421 e. The number of carbonyl (C=O) groups is 2. The maximum Gasteiger partial charge on any atom is 0.421 e. The van der Waals surface area contributed by atoms with Gasteiger partial charge in [0, 0.05) is 24.1 Å². The number of benzene rings is 1. The molecule has 2 aromatic rings. The van der Waals surface area contributed by atoms with Gasteiger partial charge in [-0.25, -0.2) is 14.7 Å². The molecule has 0 unspecified atom stereocenters. The molecule has 6 heteroatoms. The highest BCUT2D eigenvalue weighted by Gasteiger charge is 2.28. The van der Waals surface area contributed by atoms with Gasteiger partial charge in [0.1, 0.15) is 11.3 Å². The number of nitrogens with zero attached hydrogens (tertiary/aromatic N) is 2. The molecule has 27 heavy (non-hydrogen) atoms. The van der Waals surface area contributed by atoms with Crippen LogP contribution in [0.3, 0.4) is 0 Å². The van der Waals surface area contributed by atoms with Crippen molar-refractivity contribution in [1.29, 1.82) is 0 Å². The van der Waals surface area contributed by atoms with Crippen molar-refractivity contribution < 1.29 is 14.3 Å². The number of ether oxygens (including phenoxy) is 1. The summed E-state index contributed by atoms with van der Waals surface area (Å²) in [4.78, 5) is 30.4. The fourth-order valence-corrected chi connectivity index (χ4v) is 2.33. The molecule has 5 nitrogen and oxygen atoms in total. The molecule has 0 aliphatic rings. The number of hydrogen-bond donors (Lipinski definition) is 0. The van der Waals surface area contributed by atoms with E-state index in [0.717, 1.165) is 4.90 Å². The predicted molar refractivity (Wildman–Crippen MR) is 106 cm³/mol. The lowest BCUT2D eigenvalue weighted by molar-refractivity contribution is -0.118. The molecule has 1 heterocycles. The van der Waals surface area contributed by atoms with Gasteiger partial charge >= 0.3 is 6.09 Å². The van der Waals surface area contributed by atoms with Gasteiger partial charge in [0.05, 0.1) is 5.69 Å². The zero-order chi connectivity index (χ0) is 19.9. The van der Waals surface area contributed by atoms with E-state index < -0.39 is 17.6 Å². The van der Waals surface area contributed by atoms with E-state index in [-0.39, 0.29) is 12.8 Å². The van der Waals surface area contributed by atoms with E-state index >= 15 is 0 Å². The third kappa shape index (κ3) is 6.76. The first-order valence-electron chi connectivity index (χ1n) is 8.48. The number of rotatable bonds is 3. The normalized spacial score (nSPS) is 10.5. The van der Waals surface area contributed by atoms with Crippen molar-refractivity contribution >= 4 is 29.3 Å². The van der Waals surface area contributed by atoms with Gasteiger partial charge in [-0.1, -0.05) is 29.7 Å². The van der Waals surface area contributed by atoms with Crippen molar-refractivity contribution in [1.82, 2.24) is 4.98 Å². The molecule has 0 aliphatic carbocycles. The Morgan fingerprint density at radius 1 is 1.19 bits per heavy atom. The van der Waals surface area contributed by atoms with Gasteiger partial charge < -0.3 is 4.74 Å². The van der Waals surface area contributed by atoms with E-state index in [4.69, 9.17) is 16.3 Å². The Morgan fingerprint density at radius 3 is 2.59 bits per heavy atom. The van der Waals surface area contributed by atoms with Gasteiger partial charge in [0.15, 0.2) is 0 Å². The molecule has 0 radical (unpaired) electrons. The predicted octanol–water partition coefficient (Wildman–Crippen LogP) is 4.84. The summed E-state index contributed by atoms with van der Waals surface area (Å²) in [6, 6.07) is 11.9. The Hall–Kier alpha value is -2.84. The number of hydrogen-bond acceptors (Lipinski definition) is 4. The van der Waals surface area contributed by atoms with Crippen LogP contribution in [0.5, 0.6) is 0 Å². The molecule has 140 valence electrons. The topological polar surface area (TPSA) is 59.5 Å². The minimum absolute atomic E-state index is 0.0611. The van der Waals surface area contributed by atoms with E-state index in [1.54, 1.807) is 63.4 Å². The highest BCUT2D eigenvalue weighted by atomic mass is 35.5. The summed E-state index contributed by atoms with van der Waals surface area (Å²) in [6.45, 7) is 5.22. The van der Waals surface area contributed by atoms with Crippen molar-refractivity contribution in [2.75, 3.05) is 4.90 Å². The van der Waals surface area contributed by atoms with Crippen LogP contribution in [0.1, 0.15) is 39.3 Å². The zero-order valence-corrected chi connectivity index (χ0v) is 16.3. The molecule has 2 rings (SSSR count). The number of amides is 2. The van der Waals surface area contributed by atoms with Crippen LogP contribution in [-0.2, 0) is 9.53 Å². The van der Waals surface area contributed by atoms with Crippen LogP contribution in [0, 0.1) is 11.8 Å². The van der Waals surface area contributed by atoms with Crippen molar-refractivity contribution in [3.05, 3.63) is 59.4 Å². The average molecular weight is 385 g/mol. The number of imide groups is 1. The van der Waals surface area contributed by atoms with E-state index in [1.165, 1.54) is 0 Å². The Balaban J connectivity index is 2.13. The lowest BCUT2D eigenvalue weighted by Crippen LogP contribution is -2.41. The van der Waals surface area contributed by atoms with Gasteiger partial charge in [-0.15, -0.1) is 0 Å². The molecule has 0 bridgehead atoms. The van der Waals surface area contributed by atoms with Crippen molar-refractivity contribution in [3.8, 4) is 11.8 Å². The summed E-state index contributed by atoms with van der Waals surface area (Å²) < 4.78 is 5.37. The Kier molecular flexibility index (Phi) is 6.98. The number of aromatic nitrogens is 1. The van der Waals surface area contributed by atoms with Crippen molar-refractivity contribution in [3.63, 3.8) is 0 Å². The second-order valence-corrected chi connectivity index (χ2v) is 7.14. The van der Waals surface area contributed by atoms with E-state index in [9.17, 15) is 9.59 Å². The number of pyridine rings is 1. The molecule has 0 aliphatic heterocycles. The Labute approximate surface area is 164 Å². The largest absolute Gasteiger partial charge is 0.443 e. The molecular formula is C21H21ClN2O3. The maximum absolute atomic E-state index is 12.7. The summed E-state index contributed by atoms with van der Waals surface area (Å²) in [5, 5.41) is 0.420. The van der Waals surface area contributed by atoms with Crippen LogP contribution in [0.15, 0.2) is 48.7 Å². The number of halogens is 1. The van der Waals surface area contributed by atoms with Crippen LogP contribution in [0.2, 0.25) is 5.02 Å². The minimum Gasteiger partial charge on any atom is -0.443 e. The van der Waals surface area contributed by atoms with Crippen LogP contribution in [0.25, 0.3) is 0 Å². The summed E-state index contributed by atoms with van der Waals surface area (Å²) in [7, 11) is 0. The average Bonchev–Trinajstić information content (AvgIpc) is 2.58. The number of carbonyl (C=O) groups excluding carboxylic acids is 2. The first kappa shape index (κ1) is 20.5. The van der Waals surface area contributed by atoms with Crippen LogP contribution < -0.4 is 4.90 Å². The lowest BCUT2D eigenvalue weighted by Gasteiger charge is -2.26. The molecule has 0 fully saturated rings. The van der Waals surface area contributed by atoms with Gasteiger partial charge in [0.25, 0.3) is 0 Å². The Morgan fingerprint density at radius 2 is 1.96 bits per heavy atom. The summed E-state index contributed by atoms with van der Waals surface area (Å²) >= 11 is 6.01. The molecule has 2 amide bonds. The zero-order valence-electron chi connectivity index (χ0n) is 15.5. The third-order valence-electron chi connectivity index (χ3n) is 3.24. The molecule has 0 spiro atoms. The van der Waals surface area contributed by atoms with Crippen molar-refractivity contribution in [2.45, 2.75) is 39.2 Å². The monoisotopic (exact) mass is 384 g/mol. The summed E-state index contributed by atoms with van der Waals surface area (Å²) in [6.07, 6.45) is 1.26. The molecule has 0 N–H and O–H groups in total. The lowest BCUT2D eigenvalue weighted by atomic mass is 10.2. The SMILES string of the molecule is CC(C)(C)OC(=O)N(C(=O)CCC#Cc1ccccn1)c1cccc(Cl)c1. The second-order valence-electron chi connectivity index (χ2n) is 6.71. The highest BCUT2D eigenvalue weighted by molar-refractivity contribution is 6.31. The molecule has 0 saturated heterocycles. The summed E-state index contributed by atoms with van der Waals surface area (Å²) in [5.74, 6) is 5.37. The molecular weight excluding hydrogens is 364 g/mol. The molecule has 0 atom stereocenters. The third-order valence-corrected chi connectivity index (χ3v) is 3.47. The number of anilines is 1. The van der Waals surface area contributed by atoms with Crippen LogP contribution in [-0.4, -0.2) is 22.6 Å². The first-order valence-corrected chi connectivity index (χ1v) is 8.85. The maximum atomic E-state index is 12.7. The Bertz CT molecular complexity index is 864. The second kappa shape index (κ2) is 9.20. The minimum atomic E-state index is -0.743. The van der Waals surface area contributed by atoms with Crippen molar-refractivity contribution in [2.24, 2.45) is 0 Å².